The fourth-order valence-corrected chi connectivity index (χ4v) is 1.74. The zero-order chi connectivity index (χ0) is 13.0. The Morgan fingerprint density at radius 3 is 2.39 bits per heavy atom. The van der Waals surface area contributed by atoms with Crippen molar-refractivity contribution in [2.45, 2.75) is 13.0 Å². The van der Waals surface area contributed by atoms with Crippen molar-refractivity contribution in [2.24, 2.45) is 0 Å². The van der Waals surface area contributed by atoms with E-state index in [4.69, 9.17) is 0 Å². The van der Waals surface area contributed by atoms with Gasteiger partial charge in [0.05, 0.1) is 6.07 Å². The first-order valence-electron chi connectivity index (χ1n) is 5.68. The monoisotopic (exact) mass is 240 g/mol. The Kier molecular flexibility index (Phi) is 3.59. The topological polar surface area (TPSA) is 35.8 Å². The van der Waals surface area contributed by atoms with E-state index in [9.17, 15) is 9.65 Å². The van der Waals surface area contributed by atoms with Gasteiger partial charge < -0.3 is 5.32 Å². The minimum absolute atomic E-state index is 0.300. The molecule has 90 valence electrons. The van der Waals surface area contributed by atoms with Gasteiger partial charge in [-0.15, -0.1) is 0 Å². The molecular formula is C15H13FN2. The van der Waals surface area contributed by atoms with Crippen molar-refractivity contribution in [3.05, 3.63) is 65.5 Å². The molecule has 0 aliphatic heterocycles. The smallest absolute Gasteiger partial charge is 0.140 e. The van der Waals surface area contributed by atoms with Crippen molar-refractivity contribution < 1.29 is 4.39 Å². The summed E-state index contributed by atoms with van der Waals surface area (Å²) >= 11 is 0. The van der Waals surface area contributed by atoms with Gasteiger partial charge in [0.25, 0.3) is 0 Å². The number of aryl methyl sites for hydroxylation is 1. The van der Waals surface area contributed by atoms with Crippen molar-refractivity contribution in [3.8, 4) is 6.07 Å². The highest BCUT2D eigenvalue weighted by molar-refractivity contribution is 5.53. The predicted molar refractivity (Wildman–Crippen MR) is 69.6 cm³/mol. The molecule has 1 atom stereocenters. The summed E-state index contributed by atoms with van der Waals surface area (Å²) in [5.74, 6) is -0.300. The maximum atomic E-state index is 12.8. The van der Waals surface area contributed by atoms with Gasteiger partial charge >= 0.3 is 0 Å². The van der Waals surface area contributed by atoms with Crippen molar-refractivity contribution in [3.63, 3.8) is 0 Å². The Labute approximate surface area is 106 Å². The summed E-state index contributed by atoms with van der Waals surface area (Å²) in [4.78, 5) is 0. The standard InChI is InChI=1S/C15H13FN2/c1-11-4-2-3-5-14(11)18-15(10-17)12-6-8-13(16)9-7-12/h2-9,15,18H,1H3. The second-order valence-electron chi connectivity index (χ2n) is 4.07. The first kappa shape index (κ1) is 12.1. The molecule has 0 spiro atoms. The molecule has 2 rings (SSSR count). The Morgan fingerprint density at radius 1 is 1.11 bits per heavy atom. The Balaban J connectivity index is 2.23. The third kappa shape index (κ3) is 2.67. The van der Waals surface area contributed by atoms with E-state index in [0.29, 0.717) is 0 Å². The van der Waals surface area contributed by atoms with E-state index in [2.05, 4.69) is 11.4 Å². The largest absolute Gasteiger partial charge is 0.366 e. The third-order valence-electron chi connectivity index (χ3n) is 2.78. The van der Waals surface area contributed by atoms with Crippen LogP contribution in [0.2, 0.25) is 0 Å². The van der Waals surface area contributed by atoms with Crippen LogP contribution in [0, 0.1) is 24.1 Å². The highest BCUT2D eigenvalue weighted by Crippen LogP contribution is 2.21. The molecule has 0 aliphatic carbocycles. The number of nitrogens with zero attached hydrogens (tertiary/aromatic N) is 1. The molecule has 0 radical (unpaired) electrons. The van der Waals surface area contributed by atoms with Crippen LogP contribution in [0.5, 0.6) is 0 Å². The number of halogens is 1. The quantitative estimate of drug-likeness (QED) is 0.885. The van der Waals surface area contributed by atoms with Crippen LogP contribution in [-0.4, -0.2) is 0 Å². The third-order valence-corrected chi connectivity index (χ3v) is 2.78. The van der Waals surface area contributed by atoms with Gasteiger partial charge in [-0.05, 0) is 36.2 Å². The van der Waals surface area contributed by atoms with Crippen LogP contribution in [-0.2, 0) is 0 Å². The number of hydrogen-bond donors (Lipinski definition) is 1. The molecule has 2 nitrogen and oxygen atoms in total. The van der Waals surface area contributed by atoms with Gasteiger partial charge in [-0.1, -0.05) is 30.3 Å². The van der Waals surface area contributed by atoms with Gasteiger partial charge in [-0.3, -0.25) is 0 Å². The average molecular weight is 240 g/mol. The lowest BCUT2D eigenvalue weighted by Crippen LogP contribution is -2.09. The van der Waals surface area contributed by atoms with Crippen LogP contribution in [0.1, 0.15) is 17.2 Å². The van der Waals surface area contributed by atoms with Crippen molar-refractivity contribution in [1.29, 1.82) is 5.26 Å². The molecule has 0 heterocycles. The Hall–Kier alpha value is -2.34. The maximum Gasteiger partial charge on any atom is 0.140 e. The zero-order valence-corrected chi connectivity index (χ0v) is 10.0. The van der Waals surface area contributed by atoms with Crippen LogP contribution in [0.4, 0.5) is 10.1 Å². The molecule has 0 saturated carbocycles. The van der Waals surface area contributed by atoms with Crippen molar-refractivity contribution in [1.82, 2.24) is 0 Å². The summed E-state index contributed by atoms with van der Waals surface area (Å²) in [6, 6.07) is 15.4. The fourth-order valence-electron chi connectivity index (χ4n) is 1.74. The van der Waals surface area contributed by atoms with Crippen LogP contribution in [0.3, 0.4) is 0 Å². The average Bonchev–Trinajstić information content (AvgIpc) is 2.39. The summed E-state index contributed by atoms with van der Waals surface area (Å²) in [5, 5.41) is 12.3. The molecule has 2 aromatic carbocycles. The number of rotatable bonds is 3. The summed E-state index contributed by atoms with van der Waals surface area (Å²) in [6.45, 7) is 1.97. The van der Waals surface area contributed by atoms with Crippen LogP contribution >= 0.6 is 0 Å². The number of hydrogen-bond acceptors (Lipinski definition) is 2. The maximum absolute atomic E-state index is 12.8. The summed E-state index contributed by atoms with van der Waals surface area (Å²) in [6.07, 6.45) is 0. The summed E-state index contributed by atoms with van der Waals surface area (Å²) < 4.78 is 12.8. The van der Waals surface area contributed by atoms with E-state index in [1.54, 1.807) is 12.1 Å². The van der Waals surface area contributed by atoms with Crippen molar-refractivity contribution >= 4 is 5.69 Å². The first-order chi connectivity index (χ1) is 8.70. The van der Waals surface area contributed by atoms with Crippen LogP contribution in [0.25, 0.3) is 0 Å². The lowest BCUT2D eigenvalue weighted by molar-refractivity contribution is 0.627. The first-order valence-corrected chi connectivity index (χ1v) is 5.68. The van der Waals surface area contributed by atoms with Gasteiger partial charge in [-0.25, -0.2) is 4.39 Å². The molecule has 0 aliphatic rings. The van der Waals surface area contributed by atoms with E-state index in [1.807, 2.05) is 31.2 Å². The minimum atomic E-state index is -0.480. The predicted octanol–water partition coefficient (Wildman–Crippen LogP) is 3.81. The number of anilines is 1. The lowest BCUT2D eigenvalue weighted by Gasteiger charge is -2.15. The fraction of sp³-hybridized carbons (Fsp3) is 0.133. The Bertz CT molecular complexity index is 570. The van der Waals surface area contributed by atoms with Gasteiger partial charge in [0.1, 0.15) is 11.9 Å². The molecule has 0 saturated heterocycles. The minimum Gasteiger partial charge on any atom is -0.366 e. The molecular weight excluding hydrogens is 227 g/mol. The SMILES string of the molecule is Cc1ccccc1NC(C#N)c1ccc(F)cc1. The lowest BCUT2D eigenvalue weighted by atomic mass is 10.1. The highest BCUT2D eigenvalue weighted by atomic mass is 19.1. The molecule has 3 heteroatoms. The van der Waals surface area contributed by atoms with Gasteiger partial charge in [0.2, 0.25) is 0 Å². The molecule has 0 aromatic heterocycles. The zero-order valence-electron chi connectivity index (χ0n) is 10.0. The molecule has 0 amide bonds. The van der Waals surface area contributed by atoms with Crippen LogP contribution in [0.15, 0.2) is 48.5 Å². The highest BCUT2D eigenvalue weighted by Gasteiger charge is 2.10. The normalized spacial score (nSPS) is 11.6. The van der Waals surface area contributed by atoms with Crippen molar-refractivity contribution in [2.75, 3.05) is 5.32 Å². The molecule has 1 unspecified atom stereocenters. The second kappa shape index (κ2) is 5.33. The summed E-state index contributed by atoms with van der Waals surface area (Å²) in [5.41, 5.74) is 2.73. The van der Waals surface area contributed by atoms with E-state index < -0.39 is 6.04 Å². The Morgan fingerprint density at radius 2 is 1.78 bits per heavy atom. The number of nitriles is 1. The molecule has 0 fully saturated rings. The number of para-hydroxylation sites is 1. The number of nitrogens with one attached hydrogen (secondary N) is 1. The number of benzene rings is 2. The van der Waals surface area contributed by atoms with E-state index in [-0.39, 0.29) is 5.82 Å². The van der Waals surface area contributed by atoms with E-state index >= 15 is 0 Å². The van der Waals surface area contributed by atoms with Crippen LogP contribution < -0.4 is 5.32 Å². The second-order valence-corrected chi connectivity index (χ2v) is 4.07. The summed E-state index contributed by atoms with van der Waals surface area (Å²) in [7, 11) is 0. The molecule has 2 aromatic rings. The van der Waals surface area contributed by atoms with Gasteiger partial charge in [0, 0.05) is 5.69 Å². The molecule has 0 bridgehead atoms. The van der Waals surface area contributed by atoms with E-state index in [1.165, 1.54) is 12.1 Å². The van der Waals surface area contributed by atoms with Gasteiger partial charge in [0.15, 0.2) is 0 Å². The molecule has 1 N–H and O–H groups in total. The molecule has 18 heavy (non-hydrogen) atoms. The van der Waals surface area contributed by atoms with E-state index in [0.717, 1.165) is 16.8 Å². The van der Waals surface area contributed by atoms with Gasteiger partial charge in [-0.2, -0.15) is 5.26 Å².